The molecule has 0 saturated heterocycles. The molecule has 3 aromatic carbocycles. The Labute approximate surface area is 194 Å². The van der Waals surface area contributed by atoms with E-state index in [1.54, 1.807) is 42.5 Å². The molecule has 0 radical (unpaired) electrons. The predicted octanol–water partition coefficient (Wildman–Crippen LogP) is 4.73. The van der Waals surface area contributed by atoms with Gasteiger partial charge in [-0.3, -0.25) is 4.79 Å². The first-order chi connectivity index (χ1) is 15.7. The number of rotatable bonds is 6. The summed E-state index contributed by atoms with van der Waals surface area (Å²) >= 11 is 0. The van der Waals surface area contributed by atoms with Gasteiger partial charge in [0.25, 0.3) is 15.9 Å². The fourth-order valence-corrected chi connectivity index (χ4v) is 5.34. The molecule has 0 saturated carbocycles. The molecule has 6 nitrogen and oxygen atoms in total. The summed E-state index contributed by atoms with van der Waals surface area (Å²) in [5.74, 6) is 0.128. The minimum atomic E-state index is -3.68. The van der Waals surface area contributed by atoms with Gasteiger partial charge in [-0.15, -0.1) is 4.40 Å². The van der Waals surface area contributed by atoms with E-state index in [4.69, 9.17) is 0 Å². The molecule has 2 N–H and O–H groups in total. The second-order valence-electron chi connectivity index (χ2n) is 8.94. The van der Waals surface area contributed by atoms with Gasteiger partial charge in [-0.1, -0.05) is 56.3 Å². The number of carbonyl (C=O) groups excluding carboxylic acids is 1. The molecule has 0 aromatic heterocycles. The highest BCUT2D eigenvalue weighted by molar-refractivity contribution is 7.90. The summed E-state index contributed by atoms with van der Waals surface area (Å²) < 4.78 is 28.3. The lowest BCUT2D eigenvalue weighted by Gasteiger charge is -2.29. The Morgan fingerprint density at radius 3 is 2.27 bits per heavy atom. The maximum absolute atomic E-state index is 12.7. The number of nitrogens with one attached hydrogen (secondary N) is 2. The highest BCUT2D eigenvalue weighted by atomic mass is 32.2. The first kappa shape index (κ1) is 22.7. The van der Waals surface area contributed by atoms with E-state index in [1.807, 2.05) is 25.1 Å². The molecule has 1 aliphatic heterocycles. The largest absolute Gasteiger partial charge is 0.350 e. The molecule has 1 aliphatic rings. The standard InChI is InChI=1S/C26H27N3O3S/c1-18(17-26(2,3)20-9-5-4-6-10-20)27-25(30)19-13-15-21(16-14-19)28-24-22-11-7-8-12-23(22)33(31,32)29-24/h4-16,18H,17H2,1-3H3,(H,27,30)(H,28,29). The molecule has 0 spiro atoms. The predicted molar refractivity (Wildman–Crippen MR) is 131 cm³/mol. The first-order valence-corrected chi connectivity index (χ1v) is 12.3. The van der Waals surface area contributed by atoms with Crippen LogP contribution in [0.25, 0.3) is 0 Å². The number of hydrogen-bond donors (Lipinski definition) is 2. The van der Waals surface area contributed by atoms with Crippen molar-refractivity contribution < 1.29 is 13.2 Å². The van der Waals surface area contributed by atoms with Crippen molar-refractivity contribution >= 4 is 27.5 Å². The fourth-order valence-electron chi connectivity index (χ4n) is 4.17. The maximum atomic E-state index is 12.7. The summed E-state index contributed by atoms with van der Waals surface area (Å²) in [5, 5.41) is 6.12. The van der Waals surface area contributed by atoms with Crippen LogP contribution >= 0.6 is 0 Å². The minimum Gasteiger partial charge on any atom is -0.350 e. The molecule has 0 bridgehead atoms. The summed E-state index contributed by atoms with van der Waals surface area (Å²) in [5.41, 5.74) is 2.89. The normalized spacial score (nSPS) is 15.3. The number of amides is 1. The second-order valence-corrected chi connectivity index (χ2v) is 10.5. The number of sulfonamides is 1. The molecule has 33 heavy (non-hydrogen) atoms. The summed E-state index contributed by atoms with van der Waals surface area (Å²) in [6, 6.07) is 23.9. The van der Waals surface area contributed by atoms with Gasteiger partial charge in [0.15, 0.2) is 5.84 Å². The van der Waals surface area contributed by atoms with Gasteiger partial charge in [0.2, 0.25) is 0 Å². The lowest BCUT2D eigenvalue weighted by atomic mass is 9.79. The zero-order valence-electron chi connectivity index (χ0n) is 18.9. The summed E-state index contributed by atoms with van der Waals surface area (Å²) in [7, 11) is -3.68. The molecule has 1 amide bonds. The molecule has 4 rings (SSSR count). The third kappa shape index (κ3) is 4.98. The lowest BCUT2D eigenvalue weighted by molar-refractivity contribution is 0.0934. The third-order valence-corrected chi connectivity index (χ3v) is 7.13. The summed E-state index contributed by atoms with van der Waals surface area (Å²) in [6.45, 7) is 6.36. The van der Waals surface area contributed by atoms with E-state index >= 15 is 0 Å². The molecule has 0 aliphatic carbocycles. The molecule has 1 heterocycles. The maximum Gasteiger partial charge on any atom is 0.285 e. The van der Waals surface area contributed by atoms with E-state index < -0.39 is 10.0 Å². The van der Waals surface area contributed by atoms with Gasteiger partial charge in [0.05, 0.1) is 0 Å². The fraction of sp³-hybridized carbons (Fsp3) is 0.231. The Balaban J connectivity index is 1.40. The molecule has 0 fully saturated rings. The van der Waals surface area contributed by atoms with Crippen LogP contribution in [-0.4, -0.2) is 26.2 Å². The molecule has 7 heteroatoms. The van der Waals surface area contributed by atoms with Crippen LogP contribution in [0.5, 0.6) is 0 Å². The Hall–Kier alpha value is -3.45. The van der Waals surface area contributed by atoms with Gasteiger partial charge < -0.3 is 10.6 Å². The minimum absolute atomic E-state index is 0.0138. The van der Waals surface area contributed by atoms with E-state index in [0.29, 0.717) is 16.8 Å². The zero-order chi connectivity index (χ0) is 23.6. The first-order valence-electron chi connectivity index (χ1n) is 10.8. The van der Waals surface area contributed by atoms with Crippen LogP contribution < -0.4 is 10.6 Å². The second kappa shape index (κ2) is 8.83. The zero-order valence-corrected chi connectivity index (χ0v) is 19.7. The van der Waals surface area contributed by atoms with Crippen molar-refractivity contribution in [3.8, 4) is 0 Å². The van der Waals surface area contributed by atoms with Crippen LogP contribution in [0, 0.1) is 0 Å². The Morgan fingerprint density at radius 1 is 0.939 bits per heavy atom. The van der Waals surface area contributed by atoms with E-state index in [2.05, 4.69) is 41.0 Å². The Morgan fingerprint density at radius 2 is 1.58 bits per heavy atom. The van der Waals surface area contributed by atoms with Crippen molar-refractivity contribution in [2.45, 2.75) is 43.5 Å². The van der Waals surface area contributed by atoms with Gasteiger partial charge in [-0.25, -0.2) is 0 Å². The van der Waals surface area contributed by atoms with E-state index in [-0.39, 0.29) is 28.1 Å². The Kier molecular flexibility index (Phi) is 6.08. The van der Waals surface area contributed by atoms with Gasteiger partial charge in [0.1, 0.15) is 4.90 Å². The van der Waals surface area contributed by atoms with Gasteiger partial charge in [-0.05, 0) is 60.7 Å². The number of benzene rings is 3. The van der Waals surface area contributed by atoms with Gasteiger partial charge in [0, 0.05) is 22.9 Å². The number of anilines is 1. The number of carbonyl (C=O) groups is 1. The van der Waals surface area contributed by atoms with Crippen molar-refractivity contribution in [2.75, 3.05) is 5.32 Å². The Bertz CT molecular complexity index is 1300. The van der Waals surface area contributed by atoms with Crippen molar-refractivity contribution in [1.82, 2.24) is 5.32 Å². The molecule has 1 atom stereocenters. The van der Waals surface area contributed by atoms with Crippen LogP contribution in [0.1, 0.15) is 48.7 Å². The molecule has 170 valence electrons. The third-order valence-electron chi connectivity index (χ3n) is 5.79. The SMILES string of the molecule is CC(CC(C)(C)c1ccccc1)NC(=O)c1ccc(NC2=NS(=O)(=O)c3ccccc32)cc1. The van der Waals surface area contributed by atoms with Crippen LogP contribution in [0.4, 0.5) is 5.69 Å². The quantitative estimate of drug-likeness (QED) is 0.555. The van der Waals surface area contributed by atoms with Crippen molar-refractivity contribution in [2.24, 2.45) is 4.40 Å². The van der Waals surface area contributed by atoms with E-state index in [0.717, 1.165) is 6.42 Å². The number of amidine groups is 1. The average Bonchev–Trinajstić information content (AvgIpc) is 3.04. The van der Waals surface area contributed by atoms with Crippen LogP contribution in [-0.2, 0) is 15.4 Å². The number of fused-ring (bicyclic) bond motifs is 1. The van der Waals surface area contributed by atoms with E-state index in [9.17, 15) is 13.2 Å². The van der Waals surface area contributed by atoms with Gasteiger partial charge >= 0.3 is 0 Å². The number of nitrogens with zero attached hydrogens (tertiary/aromatic N) is 1. The van der Waals surface area contributed by atoms with Crippen LogP contribution in [0.15, 0.2) is 88.2 Å². The summed E-state index contributed by atoms with van der Waals surface area (Å²) in [4.78, 5) is 12.9. The highest BCUT2D eigenvalue weighted by Gasteiger charge is 2.28. The highest BCUT2D eigenvalue weighted by Crippen LogP contribution is 2.29. The monoisotopic (exact) mass is 461 g/mol. The molecule has 3 aromatic rings. The lowest BCUT2D eigenvalue weighted by Crippen LogP contribution is -2.37. The van der Waals surface area contributed by atoms with Crippen molar-refractivity contribution in [3.63, 3.8) is 0 Å². The smallest absolute Gasteiger partial charge is 0.285 e. The van der Waals surface area contributed by atoms with Gasteiger partial charge in [-0.2, -0.15) is 8.42 Å². The van der Waals surface area contributed by atoms with E-state index in [1.165, 1.54) is 11.6 Å². The molecule has 1 unspecified atom stereocenters. The molecular formula is C26H27N3O3S. The topological polar surface area (TPSA) is 87.6 Å². The van der Waals surface area contributed by atoms with Crippen molar-refractivity contribution in [3.05, 3.63) is 95.6 Å². The average molecular weight is 462 g/mol. The summed E-state index contributed by atoms with van der Waals surface area (Å²) in [6.07, 6.45) is 0.802. The van der Waals surface area contributed by atoms with Crippen molar-refractivity contribution in [1.29, 1.82) is 0 Å². The van der Waals surface area contributed by atoms with Crippen LogP contribution in [0.3, 0.4) is 0 Å². The van der Waals surface area contributed by atoms with Crippen LogP contribution in [0.2, 0.25) is 0 Å². The number of hydrogen-bond acceptors (Lipinski definition) is 4. The molecular weight excluding hydrogens is 434 g/mol.